The Morgan fingerprint density at radius 2 is 0.733 bits per heavy atom. The van der Waals surface area contributed by atoms with Gasteiger partial charge in [-0.1, -0.05) is 129 Å². The van der Waals surface area contributed by atoms with Gasteiger partial charge in [-0.15, -0.1) is 0 Å². The van der Waals surface area contributed by atoms with Gasteiger partial charge in [-0.25, -0.2) is 0 Å². The Bertz CT molecular complexity index is 357. The van der Waals surface area contributed by atoms with Crippen LogP contribution < -0.4 is 0 Å². The summed E-state index contributed by atoms with van der Waals surface area (Å²) in [5.41, 5.74) is 0. The molecule has 0 aromatic rings. The molecule has 0 rings (SSSR count). The van der Waals surface area contributed by atoms with Gasteiger partial charge in [-0.05, 0) is 38.5 Å². The van der Waals surface area contributed by atoms with Crippen LogP contribution in [0.25, 0.3) is 0 Å². The van der Waals surface area contributed by atoms with Crippen LogP contribution >= 0.6 is 0 Å². The summed E-state index contributed by atoms with van der Waals surface area (Å²) < 4.78 is 0. The lowest BCUT2D eigenvalue weighted by atomic mass is 10.0. The molecule has 0 saturated heterocycles. The maximum absolute atomic E-state index is 12.0. The highest BCUT2D eigenvalue weighted by Gasteiger charge is 2.02. The first-order chi connectivity index (χ1) is 14.8. The second kappa shape index (κ2) is 26.4. The van der Waals surface area contributed by atoms with Crippen molar-refractivity contribution in [3.8, 4) is 0 Å². The summed E-state index contributed by atoms with van der Waals surface area (Å²) in [6.07, 6.45) is 35.6. The molecule has 0 aliphatic rings. The summed E-state index contributed by atoms with van der Waals surface area (Å²) >= 11 is 0. The number of hydrogen-bond acceptors (Lipinski definition) is 1. The quantitative estimate of drug-likeness (QED) is 0.106. The molecule has 178 valence electrons. The molecular formula is C29H56O. The third-order valence-electron chi connectivity index (χ3n) is 6.28. The van der Waals surface area contributed by atoms with E-state index in [4.69, 9.17) is 0 Å². The zero-order valence-corrected chi connectivity index (χ0v) is 21.0. The Labute approximate surface area is 190 Å². The molecule has 30 heavy (non-hydrogen) atoms. The van der Waals surface area contributed by atoms with E-state index >= 15 is 0 Å². The zero-order valence-electron chi connectivity index (χ0n) is 21.0. The maximum atomic E-state index is 12.0. The Balaban J connectivity index is 3.20. The molecule has 0 aliphatic carbocycles. The minimum Gasteiger partial charge on any atom is -0.300 e. The van der Waals surface area contributed by atoms with E-state index in [1.165, 1.54) is 128 Å². The van der Waals surface area contributed by atoms with E-state index in [1.54, 1.807) is 0 Å². The molecule has 0 fully saturated rings. The van der Waals surface area contributed by atoms with Crippen molar-refractivity contribution < 1.29 is 4.79 Å². The minimum atomic E-state index is 0.510. The smallest absolute Gasteiger partial charge is 0.132 e. The summed E-state index contributed by atoms with van der Waals surface area (Å²) in [6.45, 7) is 4.55. The summed E-state index contributed by atoms with van der Waals surface area (Å²) in [5, 5.41) is 0. The number of Topliss-reactive ketones (excluding diaryl/α,β-unsaturated/α-hetero) is 1. The lowest BCUT2D eigenvalue weighted by Gasteiger charge is -2.03. The summed E-state index contributed by atoms with van der Waals surface area (Å²) in [7, 11) is 0. The van der Waals surface area contributed by atoms with Crippen LogP contribution in [0.4, 0.5) is 0 Å². The maximum Gasteiger partial charge on any atom is 0.132 e. The zero-order chi connectivity index (χ0) is 22.0. The average molecular weight is 421 g/mol. The summed E-state index contributed by atoms with van der Waals surface area (Å²) in [6, 6.07) is 0. The Kier molecular flexibility index (Phi) is 25.9. The van der Waals surface area contributed by atoms with Crippen molar-refractivity contribution in [1.29, 1.82) is 0 Å². The molecule has 0 spiro atoms. The number of unbranched alkanes of at least 4 members (excludes halogenated alkanes) is 19. The fourth-order valence-corrected chi connectivity index (χ4v) is 4.15. The van der Waals surface area contributed by atoms with Crippen LogP contribution in [0.1, 0.15) is 168 Å². The van der Waals surface area contributed by atoms with Gasteiger partial charge in [0.1, 0.15) is 5.78 Å². The second-order valence-corrected chi connectivity index (χ2v) is 9.45. The monoisotopic (exact) mass is 420 g/mol. The standard InChI is InChI=1S/C29H56O/c1-3-5-7-9-11-13-14-15-16-17-18-20-22-24-26-28-29(30)27-25-23-21-19-12-10-8-6-4-2/h15-16H,3-14,17-28H2,1-2H3/b16-15-. The molecule has 1 nitrogen and oxygen atoms in total. The van der Waals surface area contributed by atoms with E-state index in [9.17, 15) is 4.79 Å². The van der Waals surface area contributed by atoms with E-state index in [2.05, 4.69) is 26.0 Å². The highest BCUT2D eigenvalue weighted by Crippen LogP contribution is 2.13. The molecule has 0 radical (unpaired) electrons. The predicted octanol–water partition coefficient (Wildman–Crippen LogP) is 10.5. The van der Waals surface area contributed by atoms with Gasteiger partial charge in [-0.2, -0.15) is 0 Å². The van der Waals surface area contributed by atoms with Gasteiger partial charge in [0.2, 0.25) is 0 Å². The van der Waals surface area contributed by atoms with Crippen molar-refractivity contribution in [2.75, 3.05) is 0 Å². The largest absolute Gasteiger partial charge is 0.300 e. The lowest BCUT2D eigenvalue weighted by molar-refractivity contribution is -0.119. The Morgan fingerprint density at radius 3 is 1.10 bits per heavy atom. The first kappa shape index (κ1) is 29.4. The van der Waals surface area contributed by atoms with Gasteiger partial charge in [0.15, 0.2) is 0 Å². The van der Waals surface area contributed by atoms with Crippen molar-refractivity contribution >= 4 is 5.78 Å². The third kappa shape index (κ3) is 25.4. The average Bonchev–Trinajstić information content (AvgIpc) is 2.75. The van der Waals surface area contributed by atoms with Crippen LogP contribution in [0.2, 0.25) is 0 Å². The molecule has 0 heterocycles. The molecule has 1 heteroatoms. The molecule has 0 aromatic heterocycles. The lowest BCUT2D eigenvalue weighted by Crippen LogP contribution is -1.97. The predicted molar refractivity (Wildman–Crippen MR) is 136 cm³/mol. The van der Waals surface area contributed by atoms with Crippen molar-refractivity contribution in [2.45, 2.75) is 168 Å². The fourth-order valence-electron chi connectivity index (χ4n) is 4.15. The number of carbonyl (C=O) groups excluding carboxylic acids is 1. The van der Waals surface area contributed by atoms with Crippen LogP contribution in [0, 0.1) is 0 Å². The molecule has 0 bridgehead atoms. The number of ketones is 1. The SMILES string of the molecule is CCCCCCCC/C=C\CCCCCCCC(=O)CCCCCCCCCCC. The summed E-state index contributed by atoms with van der Waals surface area (Å²) in [4.78, 5) is 12.0. The van der Waals surface area contributed by atoms with Gasteiger partial charge in [0, 0.05) is 12.8 Å². The van der Waals surface area contributed by atoms with E-state index in [1.807, 2.05) is 0 Å². The highest BCUT2D eigenvalue weighted by molar-refractivity contribution is 5.78. The normalized spacial score (nSPS) is 11.5. The first-order valence-corrected chi connectivity index (χ1v) is 14.0. The Morgan fingerprint density at radius 1 is 0.433 bits per heavy atom. The second-order valence-electron chi connectivity index (χ2n) is 9.45. The van der Waals surface area contributed by atoms with Gasteiger partial charge in [0.05, 0.1) is 0 Å². The Hall–Kier alpha value is -0.590. The van der Waals surface area contributed by atoms with Gasteiger partial charge < -0.3 is 0 Å². The van der Waals surface area contributed by atoms with Crippen molar-refractivity contribution in [2.24, 2.45) is 0 Å². The van der Waals surface area contributed by atoms with Crippen molar-refractivity contribution in [3.63, 3.8) is 0 Å². The summed E-state index contributed by atoms with van der Waals surface area (Å²) in [5.74, 6) is 0.510. The van der Waals surface area contributed by atoms with Crippen LogP contribution in [-0.2, 0) is 4.79 Å². The molecule has 0 atom stereocenters. The van der Waals surface area contributed by atoms with Gasteiger partial charge >= 0.3 is 0 Å². The van der Waals surface area contributed by atoms with Crippen LogP contribution in [0.15, 0.2) is 12.2 Å². The molecule has 0 saturated carbocycles. The number of rotatable bonds is 25. The molecule has 0 aliphatic heterocycles. The van der Waals surface area contributed by atoms with Crippen LogP contribution in [-0.4, -0.2) is 5.78 Å². The molecule has 0 aromatic carbocycles. The van der Waals surface area contributed by atoms with E-state index < -0.39 is 0 Å². The number of carbonyl (C=O) groups is 1. The van der Waals surface area contributed by atoms with E-state index in [-0.39, 0.29) is 0 Å². The molecule has 0 N–H and O–H groups in total. The number of hydrogen-bond donors (Lipinski definition) is 0. The molecule has 0 amide bonds. The van der Waals surface area contributed by atoms with E-state index in [0.29, 0.717) is 5.78 Å². The highest BCUT2D eigenvalue weighted by atomic mass is 16.1. The van der Waals surface area contributed by atoms with Crippen molar-refractivity contribution in [3.05, 3.63) is 12.2 Å². The molecular weight excluding hydrogens is 364 g/mol. The van der Waals surface area contributed by atoms with Crippen LogP contribution in [0.5, 0.6) is 0 Å². The third-order valence-corrected chi connectivity index (χ3v) is 6.28. The molecule has 0 unspecified atom stereocenters. The number of allylic oxidation sites excluding steroid dienone is 2. The first-order valence-electron chi connectivity index (χ1n) is 14.0. The van der Waals surface area contributed by atoms with Crippen LogP contribution in [0.3, 0.4) is 0 Å². The topological polar surface area (TPSA) is 17.1 Å². The van der Waals surface area contributed by atoms with E-state index in [0.717, 1.165) is 25.7 Å². The van der Waals surface area contributed by atoms with Gasteiger partial charge in [-0.3, -0.25) is 4.79 Å². The van der Waals surface area contributed by atoms with Gasteiger partial charge in [0.25, 0.3) is 0 Å². The van der Waals surface area contributed by atoms with Crippen molar-refractivity contribution in [1.82, 2.24) is 0 Å². The fraction of sp³-hybridized carbons (Fsp3) is 0.897. The minimum absolute atomic E-state index is 0.510.